The molecule has 0 aromatic rings. The molecule has 0 spiro atoms. The van der Waals surface area contributed by atoms with E-state index in [0.717, 1.165) is 11.8 Å². The molecule has 3 N–H and O–H groups in total. The van der Waals surface area contributed by atoms with Crippen molar-refractivity contribution in [3.8, 4) is 0 Å². The number of alkyl carbamates (subject to hydrolysis) is 1. The highest BCUT2D eigenvalue weighted by Crippen LogP contribution is 2.64. The fraction of sp³-hybridized carbons (Fsp3) is 0.944. The molecule has 0 aromatic heterocycles. The van der Waals surface area contributed by atoms with E-state index in [2.05, 4.69) is 26.1 Å². The summed E-state index contributed by atoms with van der Waals surface area (Å²) in [7, 11) is 0. The van der Waals surface area contributed by atoms with Gasteiger partial charge in [-0.2, -0.15) is 0 Å². The number of carbonyl (C=O) groups is 1. The molecule has 128 valence electrons. The van der Waals surface area contributed by atoms with Gasteiger partial charge in [0, 0.05) is 12.0 Å². The molecular formula is C18H34N2O2. The Bertz CT molecular complexity index is 425. The molecule has 2 bridgehead atoms. The van der Waals surface area contributed by atoms with Gasteiger partial charge in [-0.05, 0) is 69.7 Å². The molecule has 3 saturated carbocycles. The van der Waals surface area contributed by atoms with E-state index in [-0.39, 0.29) is 11.5 Å². The zero-order valence-electron chi connectivity index (χ0n) is 15.2. The quantitative estimate of drug-likeness (QED) is 0.834. The molecular weight excluding hydrogens is 276 g/mol. The SMILES string of the molecule is CC(C)(C)OC(=O)NCC(C)(CN)C1CCC2CC1C2(C)C. The molecule has 22 heavy (non-hydrogen) atoms. The Morgan fingerprint density at radius 2 is 1.91 bits per heavy atom. The zero-order chi connectivity index (χ0) is 16.8. The third-order valence-electron chi connectivity index (χ3n) is 6.26. The average molecular weight is 310 g/mol. The van der Waals surface area contributed by atoms with E-state index < -0.39 is 5.60 Å². The Hall–Kier alpha value is -0.770. The van der Waals surface area contributed by atoms with Crippen LogP contribution >= 0.6 is 0 Å². The van der Waals surface area contributed by atoms with Gasteiger partial charge in [0.25, 0.3) is 0 Å². The molecule has 4 unspecified atom stereocenters. The van der Waals surface area contributed by atoms with Gasteiger partial charge in [0.1, 0.15) is 5.60 Å². The van der Waals surface area contributed by atoms with Gasteiger partial charge in [0.15, 0.2) is 0 Å². The maximum Gasteiger partial charge on any atom is 0.407 e. The first-order valence-corrected chi connectivity index (χ1v) is 8.66. The smallest absolute Gasteiger partial charge is 0.407 e. The van der Waals surface area contributed by atoms with Crippen LogP contribution in [0.1, 0.15) is 60.8 Å². The van der Waals surface area contributed by atoms with Crippen LogP contribution in [0.2, 0.25) is 0 Å². The van der Waals surface area contributed by atoms with Crippen LogP contribution in [0.25, 0.3) is 0 Å². The number of fused-ring (bicyclic) bond motifs is 2. The number of amides is 1. The summed E-state index contributed by atoms with van der Waals surface area (Å²) in [6, 6.07) is 0. The summed E-state index contributed by atoms with van der Waals surface area (Å²) < 4.78 is 5.35. The van der Waals surface area contributed by atoms with Crippen molar-refractivity contribution >= 4 is 6.09 Å². The van der Waals surface area contributed by atoms with Crippen LogP contribution in [0, 0.1) is 28.6 Å². The van der Waals surface area contributed by atoms with E-state index in [1.54, 1.807) is 0 Å². The van der Waals surface area contributed by atoms with Crippen molar-refractivity contribution in [2.45, 2.75) is 66.4 Å². The third kappa shape index (κ3) is 3.27. The van der Waals surface area contributed by atoms with Gasteiger partial charge in [0.2, 0.25) is 0 Å². The number of rotatable bonds is 4. The predicted molar refractivity (Wildman–Crippen MR) is 89.5 cm³/mol. The number of hydrogen-bond donors (Lipinski definition) is 2. The largest absolute Gasteiger partial charge is 0.444 e. The lowest BCUT2D eigenvalue weighted by Gasteiger charge is -2.63. The molecule has 3 aliphatic rings. The Labute approximate surface area is 135 Å². The van der Waals surface area contributed by atoms with Crippen molar-refractivity contribution in [1.82, 2.24) is 5.32 Å². The van der Waals surface area contributed by atoms with Crippen molar-refractivity contribution in [1.29, 1.82) is 0 Å². The van der Waals surface area contributed by atoms with Crippen LogP contribution in [0.5, 0.6) is 0 Å². The third-order valence-corrected chi connectivity index (χ3v) is 6.26. The second-order valence-electron chi connectivity index (χ2n) is 9.26. The number of nitrogens with one attached hydrogen (secondary N) is 1. The maximum absolute atomic E-state index is 11.9. The predicted octanol–water partition coefficient (Wildman–Crippen LogP) is 3.55. The summed E-state index contributed by atoms with van der Waals surface area (Å²) in [5.41, 5.74) is 6.05. The van der Waals surface area contributed by atoms with E-state index in [1.165, 1.54) is 19.3 Å². The molecule has 0 aromatic carbocycles. The lowest BCUT2D eigenvalue weighted by Crippen LogP contribution is -2.59. The average Bonchev–Trinajstić information content (AvgIpc) is 2.42. The Morgan fingerprint density at radius 1 is 1.27 bits per heavy atom. The summed E-state index contributed by atoms with van der Waals surface area (Å²) in [6.07, 6.45) is 3.53. The van der Waals surface area contributed by atoms with Crippen LogP contribution in [-0.4, -0.2) is 24.8 Å². The standard InChI is InChI=1S/C18H34N2O2/c1-16(2,3)22-15(21)20-11-18(6,10-19)13-8-7-12-9-14(13)17(12,4)5/h12-14H,7-11,19H2,1-6H3,(H,20,21). The van der Waals surface area contributed by atoms with Crippen molar-refractivity contribution in [3.63, 3.8) is 0 Å². The summed E-state index contributed by atoms with van der Waals surface area (Å²) in [4.78, 5) is 11.9. The lowest BCUT2D eigenvalue weighted by atomic mass is 9.42. The summed E-state index contributed by atoms with van der Waals surface area (Å²) in [5, 5.41) is 2.95. The van der Waals surface area contributed by atoms with Crippen molar-refractivity contribution in [2.75, 3.05) is 13.1 Å². The normalized spacial score (nSPS) is 32.6. The first kappa shape index (κ1) is 17.6. The van der Waals surface area contributed by atoms with Crippen LogP contribution < -0.4 is 11.1 Å². The zero-order valence-corrected chi connectivity index (χ0v) is 15.2. The molecule has 4 heteroatoms. The van der Waals surface area contributed by atoms with Crippen molar-refractivity contribution < 1.29 is 9.53 Å². The number of ether oxygens (including phenoxy) is 1. The monoisotopic (exact) mass is 310 g/mol. The molecule has 4 atom stereocenters. The molecule has 1 amide bonds. The van der Waals surface area contributed by atoms with Gasteiger partial charge in [-0.15, -0.1) is 0 Å². The molecule has 4 nitrogen and oxygen atoms in total. The van der Waals surface area contributed by atoms with E-state index in [4.69, 9.17) is 10.5 Å². The Morgan fingerprint density at radius 3 is 2.36 bits per heavy atom. The fourth-order valence-electron chi connectivity index (χ4n) is 4.59. The van der Waals surface area contributed by atoms with Crippen LogP contribution in [0.15, 0.2) is 0 Å². The van der Waals surface area contributed by atoms with Crippen LogP contribution in [-0.2, 0) is 4.74 Å². The van der Waals surface area contributed by atoms with E-state index in [9.17, 15) is 4.79 Å². The van der Waals surface area contributed by atoms with E-state index in [0.29, 0.717) is 24.4 Å². The van der Waals surface area contributed by atoms with Crippen molar-refractivity contribution in [3.05, 3.63) is 0 Å². The maximum atomic E-state index is 11.9. The van der Waals surface area contributed by atoms with Crippen LogP contribution in [0.4, 0.5) is 4.79 Å². The van der Waals surface area contributed by atoms with Gasteiger partial charge in [0.05, 0.1) is 0 Å². The molecule has 3 fully saturated rings. The highest BCUT2D eigenvalue weighted by Gasteiger charge is 2.57. The number of carbonyl (C=O) groups excluding carboxylic acids is 1. The van der Waals surface area contributed by atoms with Gasteiger partial charge >= 0.3 is 6.09 Å². The second-order valence-corrected chi connectivity index (χ2v) is 9.26. The van der Waals surface area contributed by atoms with Gasteiger partial charge < -0.3 is 15.8 Å². The molecule has 0 aliphatic heterocycles. The molecule has 3 aliphatic carbocycles. The van der Waals surface area contributed by atoms with Crippen LogP contribution in [0.3, 0.4) is 0 Å². The summed E-state index contributed by atoms with van der Waals surface area (Å²) in [6.45, 7) is 13.9. The highest BCUT2D eigenvalue weighted by atomic mass is 16.6. The lowest BCUT2D eigenvalue weighted by molar-refractivity contribution is -0.138. The second kappa shape index (κ2) is 5.70. The minimum absolute atomic E-state index is 0.0514. The Balaban J connectivity index is 1.98. The highest BCUT2D eigenvalue weighted by molar-refractivity contribution is 5.67. The minimum atomic E-state index is -0.461. The minimum Gasteiger partial charge on any atom is -0.444 e. The summed E-state index contributed by atoms with van der Waals surface area (Å²) >= 11 is 0. The van der Waals surface area contributed by atoms with Gasteiger partial charge in [-0.3, -0.25) is 0 Å². The fourth-order valence-corrected chi connectivity index (χ4v) is 4.59. The number of hydrogen-bond acceptors (Lipinski definition) is 3. The molecule has 3 rings (SSSR count). The van der Waals surface area contributed by atoms with Crippen molar-refractivity contribution in [2.24, 2.45) is 34.3 Å². The molecule has 0 radical (unpaired) electrons. The van der Waals surface area contributed by atoms with Gasteiger partial charge in [-0.25, -0.2) is 4.79 Å². The Kier molecular flexibility index (Phi) is 4.55. The van der Waals surface area contributed by atoms with Gasteiger partial charge in [-0.1, -0.05) is 20.8 Å². The summed E-state index contributed by atoms with van der Waals surface area (Å²) in [5.74, 6) is 2.21. The molecule has 0 heterocycles. The molecule has 0 saturated heterocycles. The number of nitrogens with two attached hydrogens (primary N) is 1. The topological polar surface area (TPSA) is 64.3 Å². The first-order valence-electron chi connectivity index (χ1n) is 8.66. The first-order chi connectivity index (χ1) is 9.99. The van der Waals surface area contributed by atoms with E-state index in [1.807, 2.05) is 20.8 Å². The van der Waals surface area contributed by atoms with E-state index >= 15 is 0 Å².